The van der Waals surface area contributed by atoms with E-state index in [9.17, 15) is 0 Å². The standard InChI is InChI=1S/C22H22N6/c1-22(23-2,17-6-4-3-5-7-17)15-26-21-18-10-13-25-14-19(18)27-20(28-21)16-8-11-24-12-9-16/h3-14,23H,15H2,1-2H3,(H,26,27,28)/t22-/m1/s1. The van der Waals surface area contributed by atoms with Crippen LogP contribution in [0, 0.1) is 0 Å². The summed E-state index contributed by atoms with van der Waals surface area (Å²) >= 11 is 0. The van der Waals surface area contributed by atoms with Gasteiger partial charge in [-0.1, -0.05) is 30.3 Å². The summed E-state index contributed by atoms with van der Waals surface area (Å²) < 4.78 is 0. The Morgan fingerprint density at radius 2 is 1.64 bits per heavy atom. The Labute approximate surface area is 164 Å². The Balaban J connectivity index is 1.72. The van der Waals surface area contributed by atoms with Crippen LogP contribution in [-0.2, 0) is 5.54 Å². The second-order valence-corrected chi connectivity index (χ2v) is 6.83. The molecule has 6 heteroatoms. The molecular formula is C22H22N6. The van der Waals surface area contributed by atoms with Gasteiger partial charge in [0.2, 0.25) is 0 Å². The van der Waals surface area contributed by atoms with Crippen molar-refractivity contribution in [3.63, 3.8) is 0 Å². The third-order valence-corrected chi connectivity index (χ3v) is 5.01. The zero-order chi connectivity index (χ0) is 19.4. The van der Waals surface area contributed by atoms with Crippen LogP contribution in [0.2, 0.25) is 0 Å². The predicted molar refractivity (Wildman–Crippen MR) is 112 cm³/mol. The predicted octanol–water partition coefficient (Wildman–Crippen LogP) is 3.63. The second-order valence-electron chi connectivity index (χ2n) is 6.83. The molecule has 4 rings (SSSR count). The van der Waals surface area contributed by atoms with E-state index in [0.29, 0.717) is 12.4 Å². The number of nitrogens with one attached hydrogen (secondary N) is 2. The van der Waals surface area contributed by atoms with Gasteiger partial charge in [0.25, 0.3) is 0 Å². The molecule has 0 saturated carbocycles. The Bertz CT molecular complexity index is 1070. The molecule has 6 nitrogen and oxygen atoms in total. The van der Waals surface area contributed by atoms with Crippen molar-refractivity contribution in [1.82, 2.24) is 25.3 Å². The van der Waals surface area contributed by atoms with Crippen molar-refractivity contribution in [3.05, 3.63) is 78.9 Å². The molecule has 140 valence electrons. The minimum Gasteiger partial charge on any atom is -0.367 e. The molecule has 2 N–H and O–H groups in total. The van der Waals surface area contributed by atoms with Crippen molar-refractivity contribution in [1.29, 1.82) is 0 Å². The highest BCUT2D eigenvalue weighted by molar-refractivity contribution is 5.89. The van der Waals surface area contributed by atoms with Crippen LogP contribution in [0.4, 0.5) is 5.82 Å². The lowest BCUT2D eigenvalue weighted by atomic mass is 9.92. The molecule has 0 amide bonds. The van der Waals surface area contributed by atoms with Gasteiger partial charge < -0.3 is 10.6 Å². The Hall–Kier alpha value is -3.38. The molecule has 0 aliphatic rings. The number of hydrogen-bond donors (Lipinski definition) is 2. The van der Waals surface area contributed by atoms with E-state index in [1.54, 1.807) is 24.8 Å². The lowest BCUT2D eigenvalue weighted by Gasteiger charge is -2.30. The van der Waals surface area contributed by atoms with Crippen LogP contribution >= 0.6 is 0 Å². The Kier molecular flexibility index (Phi) is 4.95. The number of aromatic nitrogens is 4. The largest absolute Gasteiger partial charge is 0.367 e. The molecule has 0 radical (unpaired) electrons. The summed E-state index contributed by atoms with van der Waals surface area (Å²) in [6.45, 7) is 2.84. The molecule has 0 unspecified atom stereocenters. The zero-order valence-corrected chi connectivity index (χ0v) is 15.9. The number of likely N-dealkylation sites (N-methyl/N-ethyl adjacent to an activating group) is 1. The number of rotatable bonds is 6. The lowest BCUT2D eigenvalue weighted by molar-refractivity contribution is 0.423. The molecule has 1 aromatic carbocycles. The molecule has 0 spiro atoms. The Morgan fingerprint density at radius 1 is 0.893 bits per heavy atom. The SMILES string of the molecule is CN[C@](C)(CNc1nc(-c2ccncc2)nc2cnccc12)c1ccccc1. The average molecular weight is 370 g/mol. The molecule has 4 aromatic rings. The fourth-order valence-corrected chi connectivity index (χ4v) is 3.15. The summed E-state index contributed by atoms with van der Waals surface area (Å²) in [6.07, 6.45) is 7.01. The monoisotopic (exact) mass is 370 g/mol. The van der Waals surface area contributed by atoms with Crippen LogP contribution in [0.15, 0.2) is 73.3 Å². The second kappa shape index (κ2) is 7.70. The van der Waals surface area contributed by atoms with Crippen molar-refractivity contribution in [2.75, 3.05) is 18.9 Å². The molecule has 0 fully saturated rings. The number of nitrogens with zero attached hydrogens (tertiary/aromatic N) is 4. The zero-order valence-electron chi connectivity index (χ0n) is 15.9. The normalized spacial score (nSPS) is 13.2. The summed E-state index contributed by atoms with van der Waals surface area (Å²) in [5.41, 5.74) is 2.68. The van der Waals surface area contributed by atoms with E-state index in [0.717, 1.165) is 22.3 Å². The first-order valence-electron chi connectivity index (χ1n) is 9.20. The van der Waals surface area contributed by atoms with Crippen LogP contribution in [0.3, 0.4) is 0 Å². The number of hydrogen-bond acceptors (Lipinski definition) is 6. The summed E-state index contributed by atoms with van der Waals surface area (Å²) in [5.74, 6) is 1.44. The van der Waals surface area contributed by atoms with Gasteiger partial charge in [-0.25, -0.2) is 9.97 Å². The van der Waals surface area contributed by atoms with E-state index in [4.69, 9.17) is 4.98 Å². The van der Waals surface area contributed by atoms with Crippen LogP contribution in [0.5, 0.6) is 0 Å². The number of anilines is 1. The lowest BCUT2D eigenvalue weighted by Crippen LogP contribution is -2.43. The smallest absolute Gasteiger partial charge is 0.162 e. The molecule has 1 atom stereocenters. The first kappa shape index (κ1) is 18.0. The van der Waals surface area contributed by atoms with E-state index < -0.39 is 0 Å². The van der Waals surface area contributed by atoms with Gasteiger partial charge in [-0.3, -0.25) is 9.97 Å². The topological polar surface area (TPSA) is 75.6 Å². The van der Waals surface area contributed by atoms with Crippen LogP contribution < -0.4 is 10.6 Å². The highest BCUT2D eigenvalue weighted by atomic mass is 15.1. The Morgan fingerprint density at radius 3 is 2.39 bits per heavy atom. The van der Waals surface area contributed by atoms with E-state index in [1.165, 1.54) is 5.56 Å². The van der Waals surface area contributed by atoms with E-state index >= 15 is 0 Å². The highest BCUT2D eigenvalue weighted by Crippen LogP contribution is 2.26. The van der Waals surface area contributed by atoms with Crippen molar-refractivity contribution in [2.24, 2.45) is 0 Å². The summed E-state index contributed by atoms with van der Waals surface area (Å²) in [4.78, 5) is 17.8. The summed E-state index contributed by atoms with van der Waals surface area (Å²) in [5, 5.41) is 7.91. The van der Waals surface area contributed by atoms with Crippen molar-refractivity contribution in [2.45, 2.75) is 12.5 Å². The number of benzene rings is 1. The fraction of sp³-hybridized carbons (Fsp3) is 0.182. The van der Waals surface area contributed by atoms with Crippen molar-refractivity contribution in [3.8, 4) is 11.4 Å². The summed E-state index contributed by atoms with van der Waals surface area (Å²) in [6, 6.07) is 16.1. The van der Waals surface area contributed by atoms with Crippen LogP contribution in [0.25, 0.3) is 22.3 Å². The first-order valence-corrected chi connectivity index (χ1v) is 9.20. The molecule has 28 heavy (non-hydrogen) atoms. The highest BCUT2D eigenvalue weighted by Gasteiger charge is 2.24. The minimum absolute atomic E-state index is 0.248. The quantitative estimate of drug-likeness (QED) is 0.540. The van der Waals surface area contributed by atoms with Gasteiger partial charge in [-0.15, -0.1) is 0 Å². The average Bonchev–Trinajstić information content (AvgIpc) is 2.78. The van der Waals surface area contributed by atoms with Crippen molar-refractivity contribution < 1.29 is 0 Å². The molecule has 0 aliphatic heterocycles. The number of fused-ring (bicyclic) bond motifs is 1. The molecule has 0 bridgehead atoms. The number of pyridine rings is 2. The molecular weight excluding hydrogens is 348 g/mol. The summed E-state index contributed by atoms with van der Waals surface area (Å²) in [7, 11) is 1.97. The van der Waals surface area contributed by atoms with Crippen LogP contribution in [0.1, 0.15) is 12.5 Å². The van der Waals surface area contributed by atoms with Gasteiger partial charge in [0.15, 0.2) is 5.82 Å². The third kappa shape index (κ3) is 3.54. The molecule has 0 saturated heterocycles. The maximum Gasteiger partial charge on any atom is 0.162 e. The third-order valence-electron chi connectivity index (χ3n) is 5.01. The van der Waals surface area contributed by atoms with E-state index in [2.05, 4.69) is 56.8 Å². The van der Waals surface area contributed by atoms with Gasteiger partial charge in [-0.05, 0) is 37.7 Å². The maximum absolute atomic E-state index is 4.80. The van der Waals surface area contributed by atoms with E-state index in [1.807, 2.05) is 31.3 Å². The first-order chi connectivity index (χ1) is 13.7. The molecule has 0 aliphatic carbocycles. The van der Waals surface area contributed by atoms with Crippen LogP contribution in [-0.4, -0.2) is 33.5 Å². The molecule has 3 aromatic heterocycles. The van der Waals surface area contributed by atoms with E-state index in [-0.39, 0.29) is 5.54 Å². The van der Waals surface area contributed by atoms with Gasteiger partial charge in [-0.2, -0.15) is 0 Å². The maximum atomic E-state index is 4.80. The van der Waals surface area contributed by atoms with Gasteiger partial charge in [0.05, 0.1) is 17.3 Å². The molecule has 3 heterocycles. The van der Waals surface area contributed by atoms with Crippen molar-refractivity contribution >= 4 is 16.7 Å². The minimum atomic E-state index is -0.248. The van der Waals surface area contributed by atoms with Gasteiger partial charge in [0.1, 0.15) is 5.82 Å². The fourth-order valence-electron chi connectivity index (χ4n) is 3.15. The van der Waals surface area contributed by atoms with Gasteiger partial charge >= 0.3 is 0 Å². The van der Waals surface area contributed by atoms with Gasteiger partial charge in [0, 0.05) is 36.1 Å².